The monoisotopic (exact) mass is 165 g/mol. The van der Waals surface area contributed by atoms with Gasteiger partial charge < -0.3 is 10.2 Å². The summed E-state index contributed by atoms with van der Waals surface area (Å²) in [4.78, 5) is 15.4. The summed E-state index contributed by atoms with van der Waals surface area (Å²) in [5.74, 6) is 0. The highest BCUT2D eigenvalue weighted by Crippen LogP contribution is 1.96. The number of nitrogens with zero attached hydrogens (tertiary/aromatic N) is 2. The van der Waals surface area contributed by atoms with Crippen LogP contribution in [0.2, 0.25) is 0 Å². The predicted molar refractivity (Wildman–Crippen MR) is 40.2 cm³/mol. The van der Waals surface area contributed by atoms with Gasteiger partial charge in [0.15, 0.2) is 5.69 Å². The van der Waals surface area contributed by atoms with E-state index < -0.39 is 6.09 Å². The van der Waals surface area contributed by atoms with Gasteiger partial charge in [-0.1, -0.05) is 0 Å². The van der Waals surface area contributed by atoms with Crippen molar-refractivity contribution in [2.75, 3.05) is 7.05 Å². The molecule has 0 spiro atoms. The van der Waals surface area contributed by atoms with Gasteiger partial charge in [0.05, 0.1) is 0 Å². The lowest BCUT2D eigenvalue weighted by Gasteiger charge is -2.03. The number of carbonyl (C=O) groups is 1. The summed E-state index contributed by atoms with van der Waals surface area (Å²) in [5, 5.41) is 10.8. The van der Waals surface area contributed by atoms with Crippen molar-refractivity contribution in [2.45, 2.75) is 0 Å². The molecule has 0 saturated carbocycles. The van der Waals surface area contributed by atoms with Crippen molar-refractivity contribution >= 4 is 6.09 Å². The highest BCUT2D eigenvalue weighted by molar-refractivity contribution is 5.67. The number of hydrogen-bond donors (Lipinski definition) is 1. The van der Waals surface area contributed by atoms with Crippen LogP contribution in [0.5, 0.6) is 0 Å². The Bertz CT molecular complexity index is 324. The van der Waals surface area contributed by atoms with Crippen LogP contribution in [-0.2, 0) is 0 Å². The second-order valence-electron chi connectivity index (χ2n) is 1.96. The molecule has 0 saturated heterocycles. The van der Waals surface area contributed by atoms with E-state index in [-0.39, 0.29) is 5.69 Å². The van der Waals surface area contributed by atoms with E-state index in [9.17, 15) is 4.79 Å². The van der Waals surface area contributed by atoms with Crippen LogP contribution in [-0.4, -0.2) is 17.9 Å². The van der Waals surface area contributed by atoms with Gasteiger partial charge in [-0.05, 0) is 12.1 Å². The van der Waals surface area contributed by atoms with Crippen LogP contribution in [0.3, 0.4) is 0 Å². The average molecular weight is 165 g/mol. The number of hydrogen-bond acceptors (Lipinski definition) is 3. The first-order valence-electron chi connectivity index (χ1n) is 3.25. The van der Waals surface area contributed by atoms with Gasteiger partial charge in [0.25, 0.3) is 0 Å². The maximum absolute atomic E-state index is 10.7. The third-order valence-electron chi connectivity index (χ3n) is 1.21. The van der Waals surface area contributed by atoms with Crippen LogP contribution in [0.25, 0.3) is 0 Å². The molecule has 0 aromatic carbocycles. The van der Waals surface area contributed by atoms with Crippen molar-refractivity contribution in [3.63, 3.8) is 0 Å². The smallest absolute Gasteiger partial charge is 0.323 e. The van der Waals surface area contributed by atoms with Gasteiger partial charge in [-0.3, -0.25) is 0 Å². The van der Waals surface area contributed by atoms with E-state index in [0.29, 0.717) is 0 Å². The van der Waals surface area contributed by atoms with E-state index >= 15 is 0 Å². The Kier molecular flexibility index (Phi) is 2.33. The minimum Gasteiger partial charge on any atom is -0.323 e. The molecule has 0 bridgehead atoms. The maximum atomic E-state index is 10.7. The van der Waals surface area contributed by atoms with Crippen LogP contribution < -0.4 is 10.2 Å². The molecule has 0 aliphatic carbocycles. The van der Waals surface area contributed by atoms with E-state index in [1.54, 1.807) is 12.1 Å². The molecule has 12 heavy (non-hydrogen) atoms. The van der Waals surface area contributed by atoms with Gasteiger partial charge in [-0.2, -0.15) is 9.99 Å². The number of amides is 1. The van der Waals surface area contributed by atoms with E-state index in [0.717, 1.165) is 4.73 Å². The van der Waals surface area contributed by atoms with Crippen LogP contribution in [0.4, 0.5) is 4.79 Å². The molecule has 0 aliphatic heterocycles. The molecule has 1 N–H and O–H groups in total. The lowest BCUT2D eigenvalue weighted by atomic mass is 10.5. The summed E-state index contributed by atoms with van der Waals surface area (Å²) < 4.78 is 1.10. The third-order valence-corrected chi connectivity index (χ3v) is 1.21. The molecule has 5 nitrogen and oxygen atoms in total. The molecule has 1 aromatic heterocycles. The van der Waals surface area contributed by atoms with Crippen molar-refractivity contribution in [3.8, 4) is 6.07 Å². The molecule has 1 heterocycles. The van der Waals surface area contributed by atoms with Crippen molar-refractivity contribution in [1.29, 1.82) is 5.26 Å². The Morgan fingerprint density at radius 1 is 1.83 bits per heavy atom. The predicted octanol–water partition coefficient (Wildman–Crippen LogP) is 0.128. The Morgan fingerprint density at radius 2 is 2.58 bits per heavy atom. The molecule has 0 radical (unpaired) electrons. The first kappa shape index (κ1) is 8.14. The summed E-state index contributed by atoms with van der Waals surface area (Å²) in [6, 6.07) is 5.02. The Hall–Kier alpha value is -1.96. The maximum Gasteiger partial charge on any atom is 0.431 e. The summed E-state index contributed by atoms with van der Waals surface area (Å²) in [7, 11) is 1.44. The molecule has 62 valence electrons. The van der Waals surface area contributed by atoms with Gasteiger partial charge in [0.2, 0.25) is 0 Å². The quantitative estimate of drug-likeness (QED) is 0.643. The Labute approximate surface area is 69.1 Å². The van der Waals surface area contributed by atoms with E-state index in [1.165, 1.54) is 13.2 Å². The second-order valence-corrected chi connectivity index (χ2v) is 1.96. The van der Waals surface area contributed by atoms with Gasteiger partial charge in [-0.15, -0.1) is 0 Å². The lowest BCUT2D eigenvalue weighted by molar-refractivity contribution is 0.134. The highest BCUT2D eigenvalue weighted by Gasteiger charge is 2.03. The Morgan fingerprint density at radius 3 is 3.17 bits per heavy atom. The van der Waals surface area contributed by atoms with Crippen LogP contribution in [0.15, 0.2) is 18.3 Å². The van der Waals surface area contributed by atoms with Crippen molar-refractivity contribution in [1.82, 2.24) is 10.0 Å². The zero-order valence-electron chi connectivity index (χ0n) is 6.44. The molecule has 0 fully saturated rings. The van der Waals surface area contributed by atoms with Gasteiger partial charge in [0.1, 0.15) is 6.07 Å². The SMILES string of the molecule is CNC(=O)On1cccc1C#N. The third kappa shape index (κ3) is 1.55. The average Bonchev–Trinajstić information content (AvgIpc) is 2.51. The zero-order chi connectivity index (χ0) is 8.97. The molecule has 0 unspecified atom stereocenters. The molecule has 1 rings (SSSR count). The van der Waals surface area contributed by atoms with E-state index in [4.69, 9.17) is 5.26 Å². The number of aromatic nitrogens is 1. The standard InChI is InChI=1S/C7H7N3O2/c1-9-7(11)12-10-4-2-3-6(10)5-8/h2-4H,1H3,(H,9,11). The fraction of sp³-hybridized carbons (Fsp3) is 0.143. The topological polar surface area (TPSA) is 67.0 Å². The molecular weight excluding hydrogens is 158 g/mol. The fourth-order valence-corrected chi connectivity index (χ4v) is 0.667. The normalized spacial score (nSPS) is 8.67. The summed E-state index contributed by atoms with van der Waals surface area (Å²) in [6.07, 6.45) is 0.871. The number of nitrogens with one attached hydrogen (secondary N) is 1. The van der Waals surface area contributed by atoms with Crippen LogP contribution >= 0.6 is 0 Å². The number of rotatable bonds is 1. The molecule has 0 aliphatic rings. The van der Waals surface area contributed by atoms with E-state index in [2.05, 4.69) is 10.2 Å². The van der Waals surface area contributed by atoms with Gasteiger partial charge in [0, 0.05) is 13.2 Å². The highest BCUT2D eigenvalue weighted by atomic mass is 16.7. The van der Waals surface area contributed by atoms with Crippen molar-refractivity contribution in [3.05, 3.63) is 24.0 Å². The van der Waals surface area contributed by atoms with E-state index in [1.807, 2.05) is 6.07 Å². The fourth-order valence-electron chi connectivity index (χ4n) is 0.667. The van der Waals surface area contributed by atoms with Crippen LogP contribution in [0, 0.1) is 11.3 Å². The molecule has 1 amide bonds. The van der Waals surface area contributed by atoms with Crippen molar-refractivity contribution in [2.24, 2.45) is 0 Å². The largest absolute Gasteiger partial charge is 0.431 e. The lowest BCUT2D eigenvalue weighted by Crippen LogP contribution is -2.29. The summed E-state index contributed by atoms with van der Waals surface area (Å²) in [6.45, 7) is 0. The first-order chi connectivity index (χ1) is 5.77. The Balaban J connectivity index is 2.76. The van der Waals surface area contributed by atoms with Crippen molar-refractivity contribution < 1.29 is 9.63 Å². The summed E-state index contributed by atoms with van der Waals surface area (Å²) in [5.41, 5.74) is 0.276. The number of carbonyl (C=O) groups excluding carboxylic acids is 1. The molecular formula is C7H7N3O2. The molecule has 5 heteroatoms. The summed E-state index contributed by atoms with van der Waals surface area (Å²) >= 11 is 0. The minimum absolute atomic E-state index is 0.276. The molecule has 0 atom stereocenters. The first-order valence-corrected chi connectivity index (χ1v) is 3.25. The second kappa shape index (κ2) is 3.44. The zero-order valence-corrected chi connectivity index (χ0v) is 6.44. The minimum atomic E-state index is -0.609. The van der Waals surface area contributed by atoms with Gasteiger partial charge in [-0.25, -0.2) is 4.79 Å². The number of nitriles is 1. The molecule has 1 aromatic rings. The van der Waals surface area contributed by atoms with Crippen LogP contribution in [0.1, 0.15) is 5.69 Å². The van der Waals surface area contributed by atoms with Gasteiger partial charge >= 0.3 is 6.09 Å².